The zero-order chi connectivity index (χ0) is 13.6. The average Bonchev–Trinajstić information content (AvgIpc) is 2.36. The summed E-state index contributed by atoms with van der Waals surface area (Å²) in [4.78, 5) is 2.62. The quantitative estimate of drug-likeness (QED) is 0.810. The molecule has 18 heavy (non-hydrogen) atoms. The van der Waals surface area contributed by atoms with Crippen molar-refractivity contribution >= 4 is 0 Å². The van der Waals surface area contributed by atoms with E-state index in [0.717, 1.165) is 25.3 Å². The normalized spacial score (nSPS) is 29.5. The van der Waals surface area contributed by atoms with Gasteiger partial charge in [-0.1, -0.05) is 33.1 Å². The largest absolute Gasteiger partial charge is 0.393 e. The number of hydrogen-bond donors (Lipinski definition) is 1. The van der Waals surface area contributed by atoms with Gasteiger partial charge in [0, 0.05) is 18.6 Å². The van der Waals surface area contributed by atoms with Gasteiger partial charge in [0.25, 0.3) is 0 Å². The fourth-order valence-corrected chi connectivity index (χ4v) is 3.44. The Morgan fingerprint density at radius 3 is 2.22 bits per heavy atom. The van der Waals surface area contributed by atoms with E-state index >= 15 is 0 Å². The molecule has 1 atom stereocenters. The number of piperidine rings is 1. The highest BCUT2D eigenvalue weighted by atomic mass is 16.3. The molecule has 2 heteroatoms. The Morgan fingerprint density at radius 1 is 1.06 bits per heavy atom. The van der Waals surface area contributed by atoms with Gasteiger partial charge in [-0.3, -0.25) is 4.90 Å². The lowest BCUT2D eigenvalue weighted by molar-refractivity contribution is -0.0132. The molecule has 0 spiro atoms. The third-order valence-electron chi connectivity index (χ3n) is 4.53. The van der Waals surface area contributed by atoms with Crippen molar-refractivity contribution in [2.45, 2.75) is 84.3 Å². The monoisotopic (exact) mass is 255 g/mol. The molecule has 0 aromatic carbocycles. The molecule has 1 aliphatic carbocycles. The Bertz CT molecular complexity index is 221. The van der Waals surface area contributed by atoms with E-state index in [-0.39, 0.29) is 11.6 Å². The second-order valence-corrected chi connectivity index (χ2v) is 6.41. The summed E-state index contributed by atoms with van der Waals surface area (Å²) in [5.41, 5.74) is 0.203. The molecule has 0 bridgehead atoms. The molecule has 1 saturated carbocycles. The number of nitrogens with zero attached hydrogens (tertiary/aromatic N) is 1. The van der Waals surface area contributed by atoms with Crippen LogP contribution in [0, 0.1) is 5.92 Å². The second kappa shape index (κ2) is 7.49. The summed E-state index contributed by atoms with van der Waals surface area (Å²) in [7, 11) is 0. The van der Waals surface area contributed by atoms with Crippen LogP contribution in [-0.2, 0) is 0 Å². The fourth-order valence-electron chi connectivity index (χ4n) is 3.44. The molecule has 1 N–H and O–H groups in total. The van der Waals surface area contributed by atoms with E-state index < -0.39 is 0 Å². The van der Waals surface area contributed by atoms with Gasteiger partial charge in [0.2, 0.25) is 0 Å². The van der Waals surface area contributed by atoms with E-state index in [9.17, 15) is 5.11 Å². The Labute approximate surface area is 114 Å². The van der Waals surface area contributed by atoms with Crippen LogP contribution in [0.15, 0.2) is 0 Å². The molecule has 0 radical (unpaired) electrons. The molecule has 2 fully saturated rings. The molecule has 1 heterocycles. The standard InChI is InChI=1S/C14H27NO.C2H6/c1-14(2)10-13(16)8-9-15(14)11-12-6-4-3-5-7-12;1-2/h12-13,16H,3-11H2,1-2H3;1-2H3. The minimum absolute atomic E-state index is 0.0717. The highest BCUT2D eigenvalue weighted by Gasteiger charge is 2.34. The molecular weight excluding hydrogens is 222 g/mol. The van der Waals surface area contributed by atoms with Crippen molar-refractivity contribution in [1.29, 1.82) is 0 Å². The van der Waals surface area contributed by atoms with Gasteiger partial charge in [0.15, 0.2) is 0 Å². The van der Waals surface area contributed by atoms with E-state index in [1.54, 1.807) is 0 Å². The fraction of sp³-hybridized carbons (Fsp3) is 1.00. The van der Waals surface area contributed by atoms with Crippen LogP contribution in [0.5, 0.6) is 0 Å². The van der Waals surface area contributed by atoms with Gasteiger partial charge in [0.1, 0.15) is 0 Å². The highest BCUT2D eigenvalue weighted by Crippen LogP contribution is 2.31. The lowest BCUT2D eigenvalue weighted by Gasteiger charge is -2.46. The van der Waals surface area contributed by atoms with Crippen LogP contribution >= 0.6 is 0 Å². The first-order valence-electron chi connectivity index (χ1n) is 8.01. The molecule has 2 nitrogen and oxygen atoms in total. The minimum atomic E-state index is -0.0717. The van der Waals surface area contributed by atoms with Crippen molar-refractivity contribution in [2.75, 3.05) is 13.1 Å². The maximum atomic E-state index is 9.74. The predicted octanol–water partition coefficient (Wildman–Crippen LogP) is 3.83. The van der Waals surface area contributed by atoms with Crippen LogP contribution in [0.2, 0.25) is 0 Å². The van der Waals surface area contributed by atoms with Crippen molar-refractivity contribution in [1.82, 2.24) is 4.90 Å². The van der Waals surface area contributed by atoms with Crippen molar-refractivity contribution in [3.05, 3.63) is 0 Å². The molecule has 2 aliphatic rings. The van der Waals surface area contributed by atoms with Gasteiger partial charge in [-0.2, -0.15) is 0 Å². The Hall–Kier alpha value is -0.0800. The smallest absolute Gasteiger partial charge is 0.0569 e. The van der Waals surface area contributed by atoms with Gasteiger partial charge >= 0.3 is 0 Å². The number of likely N-dealkylation sites (tertiary alicyclic amines) is 1. The van der Waals surface area contributed by atoms with Crippen LogP contribution < -0.4 is 0 Å². The van der Waals surface area contributed by atoms with Gasteiger partial charge in [-0.25, -0.2) is 0 Å². The summed E-state index contributed by atoms with van der Waals surface area (Å²) in [6.07, 6.45) is 9.00. The number of hydrogen-bond acceptors (Lipinski definition) is 2. The molecule has 2 rings (SSSR count). The Morgan fingerprint density at radius 2 is 1.67 bits per heavy atom. The van der Waals surface area contributed by atoms with Crippen molar-refractivity contribution in [3.8, 4) is 0 Å². The third-order valence-corrected chi connectivity index (χ3v) is 4.53. The zero-order valence-electron chi connectivity index (χ0n) is 12.9. The Kier molecular flexibility index (Phi) is 6.65. The molecule has 108 valence electrons. The predicted molar refractivity (Wildman–Crippen MR) is 78.8 cm³/mol. The number of aliphatic hydroxyl groups excluding tert-OH is 1. The maximum Gasteiger partial charge on any atom is 0.0569 e. The first-order chi connectivity index (χ1) is 8.58. The molecule has 0 aromatic rings. The molecule has 1 unspecified atom stereocenters. The van der Waals surface area contributed by atoms with Gasteiger partial charge in [0.05, 0.1) is 6.10 Å². The van der Waals surface area contributed by atoms with Crippen molar-refractivity contribution in [2.24, 2.45) is 5.92 Å². The average molecular weight is 255 g/mol. The van der Waals surface area contributed by atoms with E-state index in [4.69, 9.17) is 0 Å². The summed E-state index contributed by atoms with van der Waals surface area (Å²) in [6.45, 7) is 10.9. The second-order valence-electron chi connectivity index (χ2n) is 6.41. The summed E-state index contributed by atoms with van der Waals surface area (Å²) < 4.78 is 0. The molecule has 0 amide bonds. The number of rotatable bonds is 2. The van der Waals surface area contributed by atoms with Gasteiger partial charge in [-0.05, 0) is 45.4 Å². The van der Waals surface area contributed by atoms with E-state index in [1.165, 1.54) is 38.6 Å². The van der Waals surface area contributed by atoms with E-state index in [2.05, 4.69) is 18.7 Å². The number of aliphatic hydroxyl groups is 1. The van der Waals surface area contributed by atoms with Gasteiger partial charge < -0.3 is 5.11 Å². The van der Waals surface area contributed by atoms with Crippen LogP contribution in [0.25, 0.3) is 0 Å². The molecule has 1 saturated heterocycles. The highest BCUT2D eigenvalue weighted by molar-refractivity contribution is 4.90. The SMILES string of the molecule is CC.CC1(C)CC(O)CCN1CC1CCCCC1. The topological polar surface area (TPSA) is 23.5 Å². The van der Waals surface area contributed by atoms with Crippen molar-refractivity contribution in [3.63, 3.8) is 0 Å². The molecule has 1 aliphatic heterocycles. The van der Waals surface area contributed by atoms with Gasteiger partial charge in [-0.15, -0.1) is 0 Å². The van der Waals surface area contributed by atoms with Crippen LogP contribution in [-0.4, -0.2) is 34.7 Å². The lowest BCUT2D eigenvalue weighted by atomic mass is 9.84. The lowest BCUT2D eigenvalue weighted by Crippen LogP contribution is -2.53. The van der Waals surface area contributed by atoms with Crippen LogP contribution in [0.3, 0.4) is 0 Å². The maximum absolute atomic E-state index is 9.74. The summed E-state index contributed by atoms with van der Waals surface area (Å²) in [5.74, 6) is 0.920. The van der Waals surface area contributed by atoms with Crippen LogP contribution in [0.1, 0.15) is 72.6 Å². The minimum Gasteiger partial charge on any atom is -0.393 e. The van der Waals surface area contributed by atoms with E-state index in [0.29, 0.717) is 0 Å². The van der Waals surface area contributed by atoms with Crippen molar-refractivity contribution < 1.29 is 5.11 Å². The first kappa shape index (κ1) is 16.0. The first-order valence-corrected chi connectivity index (χ1v) is 8.01. The van der Waals surface area contributed by atoms with Crippen LogP contribution in [0.4, 0.5) is 0 Å². The summed E-state index contributed by atoms with van der Waals surface area (Å²) >= 11 is 0. The van der Waals surface area contributed by atoms with E-state index in [1.807, 2.05) is 13.8 Å². The Balaban J connectivity index is 0.000000771. The molecular formula is C16H33NO. The third kappa shape index (κ3) is 4.55. The molecule has 0 aromatic heterocycles. The zero-order valence-corrected chi connectivity index (χ0v) is 12.9. The summed E-state index contributed by atoms with van der Waals surface area (Å²) in [5, 5.41) is 9.74. The summed E-state index contributed by atoms with van der Waals surface area (Å²) in [6, 6.07) is 0.